The standard InChI is InChI=1S/C22H32N4O3/c1-16(2)29-19-12-10-18(11-13-19)9-8-17(3)23-21(27)15-26-22(28)25-14-6-4-5-7-20(25)24-26/h10-13,16-17H,4-9,14-15H2,1-3H3,(H,23,27). The van der Waals surface area contributed by atoms with Gasteiger partial charge in [-0.1, -0.05) is 18.6 Å². The van der Waals surface area contributed by atoms with Crippen LogP contribution in [0, 0.1) is 0 Å². The molecular weight excluding hydrogens is 368 g/mol. The second-order valence-electron chi connectivity index (χ2n) is 8.14. The molecule has 0 spiro atoms. The monoisotopic (exact) mass is 400 g/mol. The average molecular weight is 401 g/mol. The fourth-order valence-corrected chi connectivity index (χ4v) is 3.65. The number of aryl methyl sites for hydroxylation is 2. The van der Waals surface area contributed by atoms with Gasteiger partial charge in [0.2, 0.25) is 5.91 Å². The minimum absolute atomic E-state index is 0.0187. The van der Waals surface area contributed by atoms with Crippen LogP contribution in [-0.4, -0.2) is 32.4 Å². The molecule has 3 rings (SSSR count). The number of fused-ring (bicyclic) bond motifs is 1. The van der Waals surface area contributed by atoms with E-state index in [1.807, 2.05) is 32.9 Å². The molecule has 1 unspecified atom stereocenters. The molecule has 0 radical (unpaired) electrons. The molecule has 1 aliphatic rings. The number of nitrogens with one attached hydrogen (secondary N) is 1. The molecule has 0 saturated heterocycles. The smallest absolute Gasteiger partial charge is 0.346 e. The van der Waals surface area contributed by atoms with E-state index in [1.54, 1.807) is 4.57 Å². The first kappa shape index (κ1) is 21.1. The maximum Gasteiger partial charge on any atom is 0.346 e. The Kier molecular flexibility index (Phi) is 7.12. The van der Waals surface area contributed by atoms with Gasteiger partial charge in [0.25, 0.3) is 0 Å². The number of ether oxygens (including phenoxy) is 1. The van der Waals surface area contributed by atoms with Crippen molar-refractivity contribution in [3.63, 3.8) is 0 Å². The maximum atomic E-state index is 12.5. The summed E-state index contributed by atoms with van der Waals surface area (Å²) in [6.07, 6.45) is 5.81. The van der Waals surface area contributed by atoms with Crippen molar-refractivity contribution < 1.29 is 9.53 Å². The molecule has 0 fully saturated rings. The van der Waals surface area contributed by atoms with E-state index < -0.39 is 0 Å². The molecule has 1 aromatic carbocycles. The van der Waals surface area contributed by atoms with Crippen LogP contribution >= 0.6 is 0 Å². The first-order valence-corrected chi connectivity index (χ1v) is 10.6. The van der Waals surface area contributed by atoms with Crippen LogP contribution in [0.15, 0.2) is 29.1 Å². The van der Waals surface area contributed by atoms with Crippen molar-refractivity contribution in [1.82, 2.24) is 19.7 Å². The van der Waals surface area contributed by atoms with Gasteiger partial charge in [0.1, 0.15) is 18.1 Å². The lowest BCUT2D eigenvalue weighted by atomic mass is 10.1. The van der Waals surface area contributed by atoms with Crippen LogP contribution in [0.3, 0.4) is 0 Å². The molecule has 0 aliphatic carbocycles. The van der Waals surface area contributed by atoms with Crippen LogP contribution in [-0.2, 0) is 30.7 Å². The lowest BCUT2D eigenvalue weighted by Crippen LogP contribution is -2.38. The first-order valence-electron chi connectivity index (χ1n) is 10.6. The van der Waals surface area contributed by atoms with Gasteiger partial charge in [0.05, 0.1) is 6.10 Å². The van der Waals surface area contributed by atoms with Gasteiger partial charge in [-0.25, -0.2) is 9.48 Å². The zero-order valence-corrected chi connectivity index (χ0v) is 17.7. The predicted molar refractivity (Wildman–Crippen MR) is 112 cm³/mol. The summed E-state index contributed by atoms with van der Waals surface area (Å²) in [6, 6.07) is 8.10. The number of carbonyl (C=O) groups is 1. The Morgan fingerprint density at radius 2 is 1.93 bits per heavy atom. The van der Waals surface area contributed by atoms with Crippen molar-refractivity contribution in [3.8, 4) is 5.75 Å². The molecule has 1 aliphatic heterocycles. The molecule has 7 heteroatoms. The normalized spacial score (nSPS) is 14.9. The Morgan fingerprint density at radius 1 is 1.17 bits per heavy atom. The lowest BCUT2D eigenvalue weighted by Gasteiger charge is -2.14. The van der Waals surface area contributed by atoms with E-state index >= 15 is 0 Å². The topological polar surface area (TPSA) is 78.2 Å². The predicted octanol–water partition coefficient (Wildman–Crippen LogP) is 2.70. The SMILES string of the molecule is CC(CCc1ccc(OC(C)C)cc1)NC(=O)Cn1nc2n(c1=O)CCCCC2. The highest BCUT2D eigenvalue weighted by Gasteiger charge is 2.18. The number of rotatable bonds is 8. The van der Waals surface area contributed by atoms with Crippen molar-refractivity contribution in [2.45, 2.75) is 84.5 Å². The minimum atomic E-state index is -0.173. The number of aromatic nitrogens is 3. The molecule has 1 N–H and O–H groups in total. The van der Waals surface area contributed by atoms with Crippen molar-refractivity contribution in [2.24, 2.45) is 0 Å². The summed E-state index contributed by atoms with van der Waals surface area (Å²) in [7, 11) is 0. The molecule has 158 valence electrons. The van der Waals surface area contributed by atoms with Crippen molar-refractivity contribution >= 4 is 5.91 Å². The summed E-state index contributed by atoms with van der Waals surface area (Å²) in [4.78, 5) is 24.8. The Bertz CT molecular complexity index is 867. The van der Waals surface area contributed by atoms with Gasteiger partial charge in [-0.3, -0.25) is 9.36 Å². The van der Waals surface area contributed by atoms with Gasteiger partial charge in [0, 0.05) is 19.0 Å². The quantitative estimate of drug-likeness (QED) is 0.739. The van der Waals surface area contributed by atoms with Crippen molar-refractivity contribution in [2.75, 3.05) is 0 Å². The second kappa shape index (κ2) is 9.76. The third kappa shape index (κ3) is 5.95. The van der Waals surface area contributed by atoms with E-state index in [-0.39, 0.29) is 30.3 Å². The van der Waals surface area contributed by atoms with Gasteiger partial charge >= 0.3 is 5.69 Å². The number of carbonyl (C=O) groups excluding carboxylic acids is 1. The van der Waals surface area contributed by atoms with Crippen LogP contribution in [0.25, 0.3) is 0 Å². The van der Waals surface area contributed by atoms with E-state index in [2.05, 4.69) is 22.5 Å². The van der Waals surface area contributed by atoms with Gasteiger partial charge in [-0.15, -0.1) is 0 Å². The van der Waals surface area contributed by atoms with E-state index in [9.17, 15) is 9.59 Å². The number of amides is 1. The third-order valence-corrected chi connectivity index (χ3v) is 5.14. The van der Waals surface area contributed by atoms with Crippen LogP contribution in [0.1, 0.15) is 57.8 Å². The molecular formula is C22H32N4O3. The van der Waals surface area contributed by atoms with E-state index in [0.29, 0.717) is 6.54 Å². The largest absolute Gasteiger partial charge is 0.491 e. The van der Waals surface area contributed by atoms with E-state index in [4.69, 9.17) is 4.74 Å². The zero-order valence-electron chi connectivity index (χ0n) is 17.7. The fourth-order valence-electron chi connectivity index (χ4n) is 3.65. The third-order valence-electron chi connectivity index (χ3n) is 5.14. The van der Waals surface area contributed by atoms with Gasteiger partial charge in [-0.2, -0.15) is 5.10 Å². The summed E-state index contributed by atoms with van der Waals surface area (Å²) in [6.45, 7) is 6.68. The molecule has 7 nitrogen and oxygen atoms in total. The number of hydrogen-bond acceptors (Lipinski definition) is 4. The van der Waals surface area contributed by atoms with Crippen LogP contribution in [0.2, 0.25) is 0 Å². The summed E-state index contributed by atoms with van der Waals surface area (Å²) < 4.78 is 8.68. The lowest BCUT2D eigenvalue weighted by molar-refractivity contribution is -0.122. The van der Waals surface area contributed by atoms with E-state index in [1.165, 1.54) is 10.2 Å². The Morgan fingerprint density at radius 3 is 2.66 bits per heavy atom. The first-order chi connectivity index (χ1) is 13.9. The molecule has 2 aromatic rings. The summed E-state index contributed by atoms with van der Waals surface area (Å²) in [5, 5.41) is 7.36. The highest BCUT2D eigenvalue weighted by Crippen LogP contribution is 2.15. The number of benzene rings is 1. The van der Waals surface area contributed by atoms with Crippen molar-refractivity contribution in [3.05, 3.63) is 46.1 Å². The molecule has 0 saturated carbocycles. The summed E-state index contributed by atoms with van der Waals surface area (Å²) >= 11 is 0. The summed E-state index contributed by atoms with van der Waals surface area (Å²) in [5.41, 5.74) is 1.03. The average Bonchev–Trinajstić information content (AvgIpc) is 2.84. The van der Waals surface area contributed by atoms with Crippen LogP contribution in [0.4, 0.5) is 0 Å². The molecule has 29 heavy (non-hydrogen) atoms. The van der Waals surface area contributed by atoms with Gasteiger partial charge in [-0.05, 0) is 64.2 Å². The minimum Gasteiger partial charge on any atom is -0.491 e. The van der Waals surface area contributed by atoms with Crippen LogP contribution in [0.5, 0.6) is 5.75 Å². The Labute approximate surface area is 172 Å². The highest BCUT2D eigenvalue weighted by molar-refractivity contribution is 5.75. The maximum absolute atomic E-state index is 12.5. The Hall–Kier alpha value is -2.57. The van der Waals surface area contributed by atoms with Gasteiger partial charge in [0.15, 0.2) is 0 Å². The molecule has 2 heterocycles. The molecule has 1 atom stereocenters. The van der Waals surface area contributed by atoms with Crippen molar-refractivity contribution in [1.29, 1.82) is 0 Å². The second-order valence-corrected chi connectivity index (χ2v) is 8.14. The van der Waals surface area contributed by atoms with Gasteiger partial charge < -0.3 is 10.1 Å². The van der Waals surface area contributed by atoms with E-state index in [0.717, 1.165) is 50.1 Å². The zero-order chi connectivity index (χ0) is 20.8. The number of hydrogen-bond donors (Lipinski definition) is 1. The summed E-state index contributed by atoms with van der Waals surface area (Å²) in [5.74, 6) is 1.50. The van der Waals surface area contributed by atoms with Crippen LogP contribution < -0.4 is 15.7 Å². The molecule has 1 aromatic heterocycles. The Balaban J connectivity index is 1.48. The molecule has 0 bridgehead atoms. The highest BCUT2D eigenvalue weighted by atomic mass is 16.5. The fraction of sp³-hybridized carbons (Fsp3) is 0.591. The molecule has 1 amide bonds. The number of nitrogens with zero attached hydrogens (tertiary/aromatic N) is 3.